The molecule has 0 aromatic heterocycles. The molecule has 3 rings (SSSR count). The average Bonchev–Trinajstić information content (AvgIpc) is 2.48. The van der Waals surface area contributed by atoms with Gasteiger partial charge in [0.25, 0.3) is 0 Å². The number of nitrogens with zero attached hydrogens (tertiary/aromatic N) is 1. The summed E-state index contributed by atoms with van der Waals surface area (Å²) in [6, 6.07) is 5.91. The lowest BCUT2D eigenvalue weighted by Crippen LogP contribution is -2.66. The van der Waals surface area contributed by atoms with Crippen molar-refractivity contribution >= 4 is 29.3 Å². The summed E-state index contributed by atoms with van der Waals surface area (Å²) in [6.45, 7) is 4.22. The Morgan fingerprint density at radius 3 is 2.29 bits per heavy atom. The summed E-state index contributed by atoms with van der Waals surface area (Å²) in [6.07, 6.45) is -4.81. The number of rotatable bonds is 4. The molecule has 1 aliphatic carbocycles. The first-order valence-electron chi connectivity index (χ1n) is 9.08. The topological polar surface area (TPSA) is 58.6 Å². The van der Waals surface area contributed by atoms with E-state index in [-0.39, 0.29) is 30.0 Å². The number of ether oxygens (including phenoxy) is 1. The fourth-order valence-electron chi connectivity index (χ4n) is 4.10. The number of alkyl halides is 3. The van der Waals surface area contributed by atoms with Crippen molar-refractivity contribution in [1.82, 2.24) is 4.90 Å². The van der Waals surface area contributed by atoms with Crippen LogP contribution in [0.3, 0.4) is 0 Å². The predicted molar refractivity (Wildman–Crippen MR) is 98.0 cm³/mol. The molecule has 1 aromatic carbocycles. The van der Waals surface area contributed by atoms with Gasteiger partial charge >= 0.3 is 12.3 Å². The molecule has 1 spiro atoms. The van der Waals surface area contributed by atoms with E-state index < -0.39 is 30.0 Å². The molecule has 1 atom stereocenters. The molecule has 154 valence electrons. The van der Waals surface area contributed by atoms with Crippen LogP contribution in [0.15, 0.2) is 24.3 Å². The lowest BCUT2D eigenvalue weighted by atomic mass is 9.54. The minimum atomic E-state index is -4.64. The number of halogens is 4. The van der Waals surface area contributed by atoms with Crippen LogP contribution in [0.25, 0.3) is 0 Å². The van der Waals surface area contributed by atoms with Gasteiger partial charge in [0.15, 0.2) is 0 Å². The van der Waals surface area contributed by atoms with E-state index >= 15 is 0 Å². The summed E-state index contributed by atoms with van der Waals surface area (Å²) in [5, 5.41) is 2.76. The minimum absolute atomic E-state index is 0.246. The fraction of sp³-hybridized carbons (Fsp3) is 0.579. The monoisotopic (exact) mass is 418 g/mol. The van der Waals surface area contributed by atoms with Crippen molar-refractivity contribution in [1.29, 1.82) is 0 Å². The zero-order valence-electron chi connectivity index (χ0n) is 15.6. The summed E-state index contributed by atoms with van der Waals surface area (Å²) in [4.78, 5) is 25.7. The molecule has 0 unspecified atom stereocenters. The van der Waals surface area contributed by atoms with E-state index in [4.69, 9.17) is 16.3 Å². The zero-order valence-corrected chi connectivity index (χ0v) is 16.3. The Kier molecular flexibility index (Phi) is 5.53. The zero-order chi connectivity index (χ0) is 20.7. The van der Waals surface area contributed by atoms with Gasteiger partial charge in [-0.2, -0.15) is 13.2 Å². The molecular weight excluding hydrogens is 397 g/mol. The van der Waals surface area contributed by atoms with E-state index in [1.807, 2.05) is 0 Å². The molecule has 9 heteroatoms. The van der Waals surface area contributed by atoms with Gasteiger partial charge in [-0.05, 0) is 56.9 Å². The van der Waals surface area contributed by atoms with E-state index in [9.17, 15) is 22.8 Å². The fourth-order valence-corrected chi connectivity index (χ4v) is 4.22. The Bertz CT molecular complexity index is 738. The van der Waals surface area contributed by atoms with Crippen molar-refractivity contribution in [3.63, 3.8) is 0 Å². The van der Waals surface area contributed by atoms with Crippen LogP contribution in [0.5, 0.6) is 0 Å². The highest BCUT2D eigenvalue weighted by Gasteiger charge is 2.61. The quantitative estimate of drug-likeness (QED) is 0.770. The molecule has 1 saturated carbocycles. The van der Waals surface area contributed by atoms with Crippen molar-refractivity contribution in [2.45, 2.75) is 39.0 Å². The second-order valence-electron chi connectivity index (χ2n) is 7.97. The number of carbonyl (C=O) groups excluding carboxylic acids is 2. The molecule has 1 aliphatic heterocycles. The Labute approximate surface area is 166 Å². The maximum Gasteiger partial charge on any atom is 0.410 e. The number of benzene rings is 1. The third kappa shape index (κ3) is 4.37. The van der Waals surface area contributed by atoms with E-state index in [0.717, 1.165) is 0 Å². The molecule has 2 fully saturated rings. The number of hydrogen-bond acceptors (Lipinski definition) is 3. The van der Waals surface area contributed by atoms with Crippen LogP contribution in [-0.4, -0.2) is 42.3 Å². The molecule has 1 heterocycles. The number of likely N-dealkylation sites (tertiary alicyclic amines) is 1. The van der Waals surface area contributed by atoms with Crippen LogP contribution in [0.4, 0.5) is 23.7 Å². The highest BCUT2D eigenvalue weighted by Crippen LogP contribution is 2.57. The van der Waals surface area contributed by atoms with E-state index in [1.54, 1.807) is 13.8 Å². The molecule has 28 heavy (non-hydrogen) atoms. The number of amides is 2. The molecule has 2 amide bonds. The highest BCUT2D eigenvalue weighted by atomic mass is 35.5. The number of hydrogen-bond donors (Lipinski definition) is 1. The molecule has 0 bridgehead atoms. The molecule has 1 aromatic rings. The normalized spacial score (nSPS) is 19.8. The summed E-state index contributed by atoms with van der Waals surface area (Å²) in [5.41, 5.74) is -0.0611. The van der Waals surface area contributed by atoms with Crippen molar-refractivity contribution in [2.75, 3.05) is 18.4 Å². The third-order valence-electron chi connectivity index (χ3n) is 5.26. The third-order valence-corrected chi connectivity index (χ3v) is 5.51. The molecular formula is C19H22ClF3N2O3. The van der Waals surface area contributed by atoms with Crippen molar-refractivity contribution in [2.24, 2.45) is 17.3 Å². The second kappa shape index (κ2) is 7.46. The Morgan fingerprint density at radius 2 is 1.79 bits per heavy atom. The Balaban J connectivity index is 1.58. The van der Waals surface area contributed by atoms with Gasteiger partial charge in [0, 0.05) is 29.2 Å². The minimum Gasteiger partial charge on any atom is -0.447 e. The van der Waals surface area contributed by atoms with Crippen molar-refractivity contribution < 1.29 is 27.5 Å². The standard InChI is InChI=1S/C19H22ClF3N2O3/c1-11(2)28-17(27)25-9-18(10-25)7-12(8-18)15(19(21,22)23)16(26)24-14-5-3-13(20)4-6-14/h3-6,11-12,15H,7-10H2,1-2H3,(H,24,26)/t15-/m1/s1. The van der Waals surface area contributed by atoms with Crippen LogP contribution in [0.1, 0.15) is 26.7 Å². The second-order valence-corrected chi connectivity index (χ2v) is 8.41. The lowest BCUT2D eigenvalue weighted by molar-refractivity contribution is -0.215. The number of anilines is 1. The number of carbonyl (C=O) groups is 2. The van der Waals surface area contributed by atoms with Gasteiger partial charge in [0.2, 0.25) is 5.91 Å². The molecule has 0 radical (unpaired) electrons. The van der Waals surface area contributed by atoms with Crippen LogP contribution >= 0.6 is 11.6 Å². The van der Waals surface area contributed by atoms with Crippen LogP contribution in [0.2, 0.25) is 5.02 Å². The molecule has 1 N–H and O–H groups in total. The predicted octanol–water partition coefficient (Wildman–Crippen LogP) is 4.71. The summed E-state index contributed by atoms with van der Waals surface area (Å²) < 4.78 is 45.8. The van der Waals surface area contributed by atoms with Gasteiger partial charge in [0.05, 0.1) is 6.10 Å². The van der Waals surface area contributed by atoms with Gasteiger partial charge in [-0.1, -0.05) is 11.6 Å². The average molecular weight is 419 g/mol. The van der Waals surface area contributed by atoms with Crippen LogP contribution < -0.4 is 5.32 Å². The smallest absolute Gasteiger partial charge is 0.410 e. The van der Waals surface area contributed by atoms with Gasteiger partial charge in [-0.15, -0.1) is 0 Å². The maximum atomic E-state index is 13.6. The van der Waals surface area contributed by atoms with Crippen LogP contribution in [-0.2, 0) is 9.53 Å². The molecule has 2 aliphatic rings. The first-order valence-corrected chi connectivity index (χ1v) is 9.46. The van der Waals surface area contributed by atoms with Gasteiger partial charge in [-0.25, -0.2) is 4.79 Å². The first-order chi connectivity index (χ1) is 13.0. The van der Waals surface area contributed by atoms with Gasteiger partial charge in [-0.3, -0.25) is 4.79 Å². The maximum absolute atomic E-state index is 13.6. The van der Waals surface area contributed by atoms with Gasteiger partial charge < -0.3 is 15.0 Å². The molecule has 1 saturated heterocycles. The van der Waals surface area contributed by atoms with E-state index in [2.05, 4.69) is 5.32 Å². The summed E-state index contributed by atoms with van der Waals surface area (Å²) in [5.74, 6) is -3.94. The summed E-state index contributed by atoms with van der Waals surface area (Å²) in [7, 11) is 0. The summed E-state index contributed by atoms with van der Waals surface area (Å²) >= 11 is 5.75. The SMILES string of the molecule is CC(C)OC(=O)N1CC2(CC([C@H](C(=O)Nc3ccc(Cl)cc3)C(F)(F)F)C2)C1. The highest BCUT2D eigenvalue weighted by molar-refractivity contribution is 6.30. The van der Waals surface area contributed by atoms with Crippen LogP contribution in [0, 0.1) is 17.3 Å². The van der Waals surface area contributed by atoms with Crippen molar-refractivity contribution in [3.05, 3.63) is 29.3 Å². The van der Waals surface area contributed by atoms with Gasteiger partial charge in [0.1, 0.15) is 5.92 Å². The first kappa shape index (κ1) is 20.8. The molecule has 5 nitrogen and oxygen atoms in total. The van der Waals surface area contributed by atoms with Crippen molar-refractivity contribution in [3.8, 4) is 0 Å². The Hall–Kier alpha value is -1.96. The Morgan fingerprint density at radius 1 is 1.21 bits per heavy atom. The van der Waals surface area contributed by atoms with E-state index in [1.165, 1.54) is 29.2 Å². The van der Waals surface area contributed by atoms with E-state index in [0.29, 0.717) is 18.1 Å². The number of nitrogens with one attached hydrogen (secondary N) is 1. The lowest BCUT2D eigenvalue weighted by Gasteiger charge is -2.59. The largest absolute Gasteiger partial charge is 0.447 e.